The molecule has 1 rings (SSSR count). The van der Waals surface area contributed by atoms with Gasteiger partial charge in [0.1, 0.15) is 5.54 Å². The molecule has 2 atom stereocenters. The van der Waals surface area contributed by atoms with Crippen molar-refractivity contribution in [1.29, 1.82) is 5.26 Å². The van der Waals surface area contributed by atoms with Crippen molar-refractivity contribution in [2.75, 3.05) is 7.05 Å². The van der Waals surface area contributed by atoms with Crippen molar-refractivity contribution in [1.82, 2.24) is 5.32 Å². The zero-order chi connectivity index (χ0) is 12.9. The third-order valence-electron chi connectivity index (χ3n) is 2.85. The molecule has 17 heavy (non-hydrogen) atoms. The molecule has 0 bridgehead atoms. The molecule has 0 fully saturated rings. The molecule has 0 saturated heterocycles. The lowest BCUT2D eigenvalue weighted by molar-refractivity contribution is 0.455. The molecular weight excluding hydrogens is 228 g/mol. The monoisotopic (exact) mass is 248 g/mol. The fourth-order valence-corrected chi connectivity index (χ4v) is 2.84. The molecule has 1 aromatic rings. The van der Waals surface area contributed by atoms with Gasteiger partial charge in [-0.15, -0.1) is 11.8 Å². The maximum Gasteiger partial charge on any atom is 0.104 e. The lowest BCUT2D eigenvalue weighted by Crippen LogP contribution is -2.40. The minimum absolute atomic E-state index is 0.412. The molecule has 1 aromatic carbocycles. The zero-order valence-electron chi connectivity index (χ0n) is 10.9. The lowest BCUT2D eigenvalue weighted by atomic mass is 9.98. The fourth-order valence-electron chi connectivity index (χ4n) is 1.67. The summed E-state index contributed by atoms with van der Waals surface area (Å²) >= 11 is 1.82. The van der Waals surface area contributed by atoms with E-state index in [0.717, 1.165) is 6.42 Å². The van der Waals surface area contributed by atoms with Crippen molar-refractivity contribution in [3.05, 3.63) is 29.8 Å². The summed E-state index contributed by atoms with van der Waals surface area (Å²) in [7, 11) is 1.84. The summed E-state index contributed by atoms with van der Waals surface area (Å²) in [6.45, 7) is 6.20. The Balaban J connectivity index is 2.58. The van der Waals surface area contributed by atoms with Gasteiger partial charge in [-0.1, -0.05) is 24.6 Å². The van der Waals surface area contributed by atoms with Crippen LogP contribution in [0, 0.1) is 18.3 Å². The van der Waals surface area contributed by atoms with Gasteiger partial charge in [0.2, 0.25) is 0 Å². The molecule has 1 N–H and O–H groups in total. The highest BCUT2D eigenvalue weighted by Gasteiger charge is 2.24. The van der Waals surface area contributed by atoms with Crippen LogP contribution in [0.4, 0.5) is 0 Å². The summed E-state index contributed by atoms with van der Waals surface area (Å²) in [5, 5.41) is 12.6. The predicted molar refractivity (Wildman–Crippen MR) is 74.2 cm³/mol. The van der Waals surface area contributed by atoms with Crippen LogP contribution in [0.15, 0.2) is 29.2 Å². The van der Waals surface area contributed by atoms with Gasteiger partial charge in [0.05, 0.1) is 6.07 Å². The third-order valence-corrected chi connectivity index (χ3v) is 3.97. The summed E-state index contributed by atoms with van der Waals surface area (Å²) in [5.74, 6) is 0. The number of benzene rings is 1. The molecule has 0 aliphatic rings. The number of nitrogens with one attached hydrogen (secondary N) is 1. The molecule has 0 aliphatic heterocycles. The first-order valence-electron chi connectivity index (χ1n) is 5.82. The highest BCUT2D eigenvalue weighted by Crippen LogP contribution is 2.28. The highest BCUT2D eigenvalue weighted by molar-refractivity contribution is 7.99. The van der Waals surface area contributed by atoms with Crippen LogP contribution in [0.5, 0.6) is 0 Å². The normalized spacial score (nSPS) is 15.9. The molecule has 3 heteroatoms. The largest absolute Gasteiger partial charge is 0.303 e. The van der Waals surface area contributed by atoms with Gasteiger partial charge < -0.3 is 5.32 Å². The van der Waals surface area contributed by atoms with Crippen molar-refractivity contribution in [2.45, 2.75) is 42.9 Å². The molecule has 0 saturated carbocycles. The van der Waals surface area contributed by atoms with E-state index >= 15 is 0 Å². The Bertz CT molecular complexity index is 394. The Morgan fingerprint density at radius 1 is 1.41 bits per heavy atom. The molecule has 2 unspecified atom stereocenters. The standard InChI is InChI=1S/C14H20N2S/c1-11-5-7-13(8-6-11)17-12(2)9-14(3,10-15)16-4/h5-8,12,16H,9H2,1-4H3. The van der Waals surface area contributed by atoms with Crippen molar-refractivity contribution in [3.8, 4) is 6.07 Å². The van der Waals surface area contributed by atoms with Gasteiger partial charge in [-0.3, -0.25) is 0 Å². The lowest BCUT2D eigenvalue weighted by Gasteiger charge is -2.24. The van der Waals surface area contributed by atoms with Crippen molar-refractivity contribution >= 4 is 11.8 Å². The Kier molecular flexibility index (Phi) is 5.04. The molecule has 0 heterocycles. The minimum Gasteiger partial charge on any atom is -0.303 e. The van der Waals surface area contributed by atoms with Crippen LogP contribution in [0.25, 0.3) is 0 Å². The maximum atomic E-state index is 9.11. The molecule has 0 radical (unpaired) electrons. The number of aryl methyl sites for hydroxylation is 1. The molecule has 0 aliphatic carbocycles. The summed E-state index contributed by atoms with van der Waals surface area (Å²) in [5.41, 5.74) is 0.844. The second kappa shape index (κ2) is 6.09. The molecule has 92 valence electrons. The van der Waals surface area contributed by atoms with E-state index in [1.165, 1.54) is 10.5 Å². The van der Waals surface area contributed by atoms with Crippen LogP contribution in [0.3, 0.4) is 0 Å². The Morgan fingerprint density at radius 3 is 2.47 bits per heavy atom. The molecule has 0 aromatic heterocycles. The van der Waals surface area contributed by atoms with Gasteiger partial charge in [-0.05, 0) is 39.4 Å². The van der Waals surface area contributed by atoms with Gasteiger partial charge in [-0.25, -0.2) is 0 Å². The molecular formula is C14H20N2S. The van der Waals surface area contributed by atoms with Crippen molar-refractivity contribution < 1.29 is 0 Å². The van der Waals surface area contributed by atoms with Crippen LogP contribution in [0.1, 0.15) is 25.8 Å². The van der Waals surface area contributed by atoms with E-state index in [0.29, 0.717) is 5.25 Å². The summed E-state index contributed by atoms with van der Waals surface area (Å²) < 4.78 is 0. The number of thioether (sulfide) groups is 1. The van der Waals surface area contributed by atoms with Crippen LogP contribution in [-0.4, -0.2) is 17.8 Å². The van der Waals surface area contributed by atoms with E-state index in [9.17, 15) is 0 Å². The third kappa shape index (κ3) is 4.41. The van der Waals surface area contributed by atoms with E-state index < -0.39 is 5.54 Å². The number of hydrogen-bond donors (Lipinski definition) is 1. The van der Waals surface area contributed by atoms with E-state index in [1.807, 2.05) is 25.7 Å². The SMILES string of the molecule is CNC(C)(C#N)CC(C)Sc1ccc(C)cc1. The topological polar surface area (TPSA) is 35.8 Å². The van der Waals surface area contributed by atoms with Crippen LogP contribution >= 0.6 is 11.8 Å². The van der Waals surface area contributed by atoms with E-state index in [1.54, 1.807) is 0 Å². The van der Waals surface area contributed by atoms with Gasteiger partial charge in [0.15, 0.2) is 0 Å². The summed E-state index contributed by atoms with van der Waals surface area (Å²) in [6, 6.07) is 10.8. The number of hydrogen-bond acceptors (Lipinski definition) is 3. The van der Waals surface area contributed by atoms with E-state index in [-0.39, 0.29) is 0 Å². The van der Waals surface area contributed by atoms with Gasteiger partial charge in [0.25, 0.3) is 0 Å². The quantitative estimate of drug-likeness (QED) is 0.812. The number of rotatable bonds is 5. The van der Waals surface area contributed by atoms with Crippen LogP contribution < -0.4 is 5.32 Å². The van der Waals surface area contributed by atoms with E-state index in [4.69, 9.17) is 5.26 Å². The number of nitriles is 1. The van der Waals surface area contributed by atoms with Crippen molar-refractivity contribution in [2.24, 2.45) is 0 Å². The van der Waals surface area contributed by atoms with Gasteiger partial charge >= 0.3 is 0 Å². The summed E-state index contributed by atoms with van der Waals surface area (Å²) in [4.78, 5) is 1.26. The van der Waals surface area contributed by atoms with Gasteiger partial charge in [0, 0.05) is 10.1 Å². The molecule has 2 nitrogen and oxygen atoms in total. The zero-order valence-corrected chi connectivity index (χ0v) is 11.8. The first kappa shape index (κ1) is 14.1. The first-order chi connectivity index (χ1) is 7.99. The maximum absolute atomic E-state index is 9.11. The van der Waals surface area contributed by atoms with Gasteiger partial charge in [-0.2, -0.15) is 5.26 Å². The minimum atomic E-state index is -0.433. The second-order valence-corrected chi connectivity index (χ2v) is 6.15. The Hall–Kier alpha value is -0.980. The van der Waals surface area contributed by atoms with Crippen molar-refractivity contribution in [3.63, 3.8) is 0 Å². The smallest absolute Gasteiger partial charge is 0.104 e. The molecule has 0 amide bonds. The highest BCUT2D eigenvalue weighted by atomic mass is 32.2. The Labute approximate surface area is 108 Å². The fraction of sp³-hybridized carbons (Fsp3) is 0.500. The number of nitrogens with zero attached hydrogens (tertiary/aromatic N) is 1. The van der Waals surface area contributed by atoms with Crippen LogP contribution in [0.2, 0.25) is 0 Å². The van der Waals surface area contributed by atoms with Crippen LogP contribution in [-0.2, 0) is 0 Å². The Morgan fingerprint density at radius 2 is 2.00 bits per heavy atom. The second-order valence-electron chi connectivity index (χ2n) is 4.64. The molecule has 0 spiro atoms. The van der Waals surface area contributed by atoms with E-state index in [2.05, 4.69) is 49.5 Å². The average molecular weight is 248 g/mol. The summed E-state index contributed by atoms with van der Waals surface area (Å²) in [6.07, 6.45) is 0.832. The average Bonchev–Trinajstić information content (AvgIpc) is 2.32. The predicted octanol–water partition coefficient (Wildman–Crippen LogP) is 3.37. The first-order valence-corrected chi connectivity index (χ1v) is 6.70.